The fourth-order valence-corrected chi connectivity index (χ4v) is 7.72. The first-order valence-electron chi connectivity index (χ1n) is 10.9. The number of thiophene rings is 1. The third-order valence-corrected chi connectivity index (χ3v) is 10.1. The minimum absolute atomic E-state index is 0.0340. The molecular weight excluding hydrogens is 494 g/mol. The predicted molar refractivity (Wildman–Crippen MR) is 137 cm³/mol. The number of halogens is 1. The van der Waals surface area contributed by atoms with E-state index in [1.165, 1.54) is 0 Å². The average Bonchev–Trinajstić information content (AvgIpc) is 3.34. The number of aromatic carboxylic acids is 1. The Labute approximate surface area is 206 Å². The number of H-pyrrole nitrogens is 1. The van der Waals surface area contributed by atoms with Gasteiger partial charge in [-0.3, -0.25) is 4.72 Å². The maximum atomic E-state index is 13.3. The van der Waals surface area contributed by atoms with Gasteiger partial charge < -0.3 is 15.0 Å². The smallest absolute Gasteiger partial charge is 0.337 e. The predicted octanol–water partition coefficient (Wildman–Crippen LogP) is 5.65. The van der Waals surface area contributed by atoms with Crippen molar-refractivity contribution in [2.24, 2.45) is 0 Å². The van der Waals surface area contributed by atoms with Crippen LogP contribution < -0.4 is 4.72 Å². The number of rotatable bonds is 5. The highest BCUT2D eigenvalue weighted by Crippen LogP contribution is 2.38. The molecule has 4 aromatic rings. The number of nitrogens with one attached hydrogen (secondary N) is 2. The number of sulfonamides is 1. The summed E-state index contributed by atoms with van der Waals surface area (Å²) in [7, 11) is -1.92. The molecule has 1 aliphatic heterocycles. The summed E-state index contributed by atoms with van der Waals surface area (Å²) in [5.41, 5.74) is 2.32. The van der Waals surface area contributed by atoms with Crippen molar-refractivity contribution in [1.82, 2.24) is 9.88 Å². The van der Waals surface area contributed by atoms with Gasteiger partial charge >= 0.3 is 5.97 Å². The summed E-state index contributed by atoms with van der Waals surface area (Å²) >= 11 is 7.22. The SMILES string of the molecule is Cc1c(S(=O)(=O)Nc2cc3[nH]cc(C4CCN(C)CC4)c3cc2C(=O)O)sc2ccc(Cl)cc12. The van der Waals surface area contributed by atoms with Gasteiger partial charge in [-0.05, 0) is 92.7 Å². The molecule has 5 rings (SSSR count). The minimum atomic E-state index is -4.02. The standard InChI is InChI=1S/C24H24ClN3O4S2/c1-13-16-9-15(25)3-4-22(16)33-24(13)34(31,32)27-21-11-20-17(10-18(21)23(29)30)19(12-26-20)14-5-7-28(2)8-6-14/h3-4,9-12,14,26-27H,5-8H2,1-2H3,(H,29,30). The molecule has 0 unspecified atom stereocenters. The molecule has 0 atom stereocenters. The molecule has 7 nitrogen and oxygen atoms in total. The second-order valence-corrected chi connectivity index (χ2v) is 12.2. The second-order valence-electron chi connectivity index (χ2n) is 8.83. The van der Waals surface area contributed by atoms with E-state index in [0.717, 1.165) is 58.3 Å². The average molecular weight is 518 g/mol. The molecule has 1 aliphatic rings. The molecule has 0 saturated carbocycles. The van der Waals surface area contributed by atoms with Crippen molar-refractivity contribution in [3.05, 3.63) is 58.2 Å². The molecule has 0 bridgehead atoms. The van der Waals surface area contributed by atoms with E-state index in [0.29, 0.717) is 22.0 Å². The maximum Gasteiger partial charge on any atom is 0.337 e. The third-order valence-electron chi connectivity index (χ3n) is 6.58. The molecule has 3 N–H and O–H groups in total. The first kappa shape index (κ1) is 23.2. The van der Waals surface area contributed by atoms with Gasteiger partial charge in [0.15, 0.2) is 0 Å². The Balaban J connectivity index is 1.55. The van der Waals surface area contributed by atoms with Crippen LogP contribution in [0.15, 0.2) is 40.7 Å². The summed E-state index contributed by atoms with van der Waals surface area (Å²) in [5, 5.41) is 12.0. The monoisotopic (exact) mass is 517 g/mol. The maximum absolute atomic E-state index is 13.3. The van der Waals surface area contributed by atoms with Gasteiger partial charge in [0.1, 0.15) is 4.21 Å². The van der Waals surface area contributed by atoms with Crippen LogP contribution >= 0.6 is 22.9 Å². The van der Waals surface area contributed by atoms with Crippen molar-refractivity contribution in [1.29, 1.82) is 0 Å². The summed E-state index contributed by atoms with van der Waals surface area (Å²) in [6.45, 7) is 3.70. The summed E-state index contributed by atoms with van der Waals surface area (Å²) in [4.78, 5) is 17.6. The molecule has 10 heteroatoms. The van der Waals surface area contributed by atoms with E-state index >= 15 is 0 Å². The van der Waals surface area contributed by atoms with Gasteiger partial charge in [-0.1, -0.05) is 11.6 Å². The van der Waals surface area contributed by atoms with E-state index in [9.17, 15) is 18.3 Å². The first-order chi connectivity index (χ1) is 16.1. The topological polar surface area (TPSA) is 103 Å². The van der Waals surface area contributed by atoms with Gasteiger partial charge in [0.05, 0.1) is 11.3 Å². The van der Waals surface area contributed by atoms with Crippen molar-refractivity contribution in [2.45, 2.75) is 29.9 Å². The van der Waals surface area contributed by atoms with Crippen LogP contribution in [0.25, 0.3) is 21.0 Å². The lowest BCUT2D eigenvalue weighted by Crippen LogP contribution is -2.29. The molecule has 0 radical (unpaired) electrons. The van der Waals surface area contributed by atoms with Crippen LogP contribution in [0.4, 0.5) is 5.69 Å². The Morgan fingerprint density at radius 1 is 1.21 bits per heavy atom. The van der Waals surface area contributed by atoms with Gasteiger partial charge in [0, 0.05) is 26.8 Å². The molecule has 2 aromatic carbocycles. The highest BCUT2D eigenvalue weighted by atomic mass is 35.5. The highest BCUT2D eigenvalue weighted by Gasteiger charge is 2.26. The molecule has 0 spiro atoms. The molecule has 34 heavy (non-hydrogen) atoms. The molecule has 2 aromatic heterocycles. The molecule has 0 amide bonds. The number of likely N-dealkylation sites (tertiary alicyclic amines) is 1. The van der Waals surface area contributed by atoms with Crippen molar-refractivity contribution in [2.75, 3.05) is 24.9 Å². The molecular formula is C24H24ClN3O4S2. The van der Waals surface area contributed by atoms with Crippen LogP contribution in [0.5, 0.6) is 0 Å². The number of hydrogen-bond acceptors (Lipinski definition) is 5. The summed E-state index contributed by atoms with van der Waals surface area (Å²) in [6.07, 6.45) is 3.91. The molecule has 1 fully saturated rings. The lowest BCUT2D eigenvalue weighted by molar-refractivity contribution is 0.0698. The fraction of sp³-hybridized carbons (Fsp3) is 0.292. The van der Waals surface area contributed by atoms with Crippen LogP contribution in [0, 0.1) is 6.92 Å². The van der Waals surface area contributed by atoms with Crippen LogP contribution in [0.2, 0.25) is 5.02 Å². The largest absolute Gasteiger partial charge is 0.478 e. The zero-order valence-corrected chi connectivity index (χ0v) is 21.1. The quantitative estimate of drug-likeness (QED) is 0.317. The van der Waals surface area contributed by atoms with Gasteiger partial charge in [-0.15, -0.1) is 11.3 Å². The van der Waals surface area contributed by atoms with Crippen molar-refractivity contribution < 1.29 is 18.3 Å². The van der Waals surface area contributed by atoms with E-state index < -0.39 is 16.0 Å². The van der Waals surface area contributed by atoms with Crippen LogP contribution in [-0.2, 0) is 10.0 Å². The number of carboxylic acids is 1. The van der Waals surface area contributed by atoms with Crippen LogP contribution in [-0.4, -0.2) is 49.5 Å². The van der Waals surface area contributed by atoms with Crippen LogP contribution in [0.3, 0.4) is 0 Å². The van der Waals surface area contributed by atoms with E-state index in [1.807, 2.05) is 6.20 Å². The lowest BCUT2D eigenvalue weighted by Gasteiger charge is -2.28. The molecule has 178 valence electrons. The third kappa shape index (κ3) is 4.07. The van der Waals surface area contributed by atoms with Crippen LogP contribution in [0.1, 0.15) is 40.2 Å². The molecule has 3 heterocycles. The fourth-order valence-electron chi connectivity index (χ4n) is 4.73. The zero-order valence-electron chi connectivity index (χ0n) is 18.7. The summed E-state index contributed by atoms with van der Waals surface area (Å²) in [5.74, 6) is -0.850. The Kier molecular flexibility index (Phi) is 5.84. The Hall–Kier alpha value is -2.59. The number of anilines is 1. The second kappa shape index (κ2) is 8.57. The zero-order chi connectivity index (χ0) is 24.2. The van der Waals surface area contributed by atoms with E-state index in [2.05, 4.69) is 21.7 Å². The molecule has 0 aliphatic carbocycles. The Bertz CT molecular complexity index is 1530. The van der Waals surface area contributed by atoms with E-state index in [1.54, 1.807) is 37.3 Å². The van der Waals surface area contributed by atoms with Gasteiger partial charge in [0.2, 0.25) is 0 Å². The van der Waals surface area contributed by atoms with Gasteiger partial charge in [-0.25, -0.2) is 13.2 Å². The van der Waals surface area contributed by atoms with Gasteiger partial charge in [-0.2, -0.15) is 0 Å². The Morgan fingerprint density at radius 2 is 1.94 bits per heavy atom. The van der Waals surface area contributed by atoms with Gasteiger partial charge in [0.25, 0.3) is 10.0 Å². The normalized spacial score (nSPS) is 15.9. The van der Waals surface area contributed by atoms with E-state index in [-0.39, 0.29) is 15.5 Å². The number of hydrogen-bond donors (Lipinski definition) is 3. The number of aryl methyl sites for hydroxylation is 1. The summed E-state index contributed by atoms with van der Waals surface area (Å²) < 4.78 is 30.1. The number of aromatic nitrogens is 1. The highest BCUT2D eigenvalue weighted by molar-refractivity contribution is 7.95. The number of piperidine rings is 1. The molecule has 1 saturated heterocycles. The number of fused-ring (bicyclic) bond motifs is 2. The van der Waals surface area contributed by atoms with Crippen molar-refractivity contribution >= 4 is 65.6 Å². The minimum Gasteiger partial charge on any atom is -0.478 e. The summed E-state index contributed by atoms with van der Waals surface area (Å²) in [6, 6.07) is 8.39. The number of carbonyl (C=O) groups is 1. The van der Waals surface area contributed by atoms with Crippen molar-refractivity contribution in [3.8, 4) is 0 Å². The number of aromatic amines is 1. The Morgan fingerprint density at radius 3 is 2.65 bits per heavy atom. The lowest BCUT2D eigenvalue weighted by atomic mass is 9.89. The first-order valence-corrected chi connectivity index (χ1v) is 13.6. The van der Waals surface area contributed by atoms with E-state index in [4.69, 9.17) is 11.6 Å². The number of benzene rings is 2. The number of nitrogens with zero attached hydrogens (tertiary/aromatic N) is 1. The number of carboxylic acid groups (broad SMARTS) is 1. The van der Waals surface area contributed by atoms with Crippen molar-refractivity contribution in [3.63, 3.8) is 0 Å².